The Kier molecular flexibility index (Phi) is 16.3. The maximum atomic E-state index is 15.3. The number of pyridine rings is 1. The number of aromatic carboxylic acids is 1. The van der Waals surface area contributed by atoms with Crippen molar-refractivity contribution in [2.24, 2.45) is 11.7 Å². The number of nitrogens with zero attached hydrogens (tertiary/aromatic N) is 3. The van der Waals surface area contributed by atoms with Gasteiger partial charge in [-0.15, -0.1) is 0 Å². The van der Waals surface area contributed by atoms with Crippen LogP contribution in [0.25, 0.3) is 10.9 Å². The highest BCUT2D eigenvalue weighted by Gasteiger charge is 2.38. The third-order valence-electron chi connectivity index (χ3n) is 10.4. The molecule has 1 fully saturated rings. The lowest BCUT2D eigenvalue weighted by Gasteiger charge is -2.35. The number of anilines is 2. The monoisotopic (exact) mass is 897 g/mol. The molecule has 1 saturated heterocycles. The van der Waals surface area contributed by atoms with Crippen molar-refractivity contribution in [2.75, 3.05) is 42.9 Å². The second-order valence-electron chi connectivity index (χ2n) is 14.9. The minimum absolute atomic E-state index is 0.0108. The first-order chi connectivity index (χ1) is 30.4. The van der Waals surface area contributed by atoms with Gasteiger partial charge in [-0.05, 0) is 55.2 Å². The number of aromatic nitrogens is 1. The molecule has 5 amide bonds. The minimum atomic E-state index is -4.86. The van der Waals surface area contributed by atoms with Crippen LogP contribution < -0.4 is 32.0 Å². The summed E-state index contributed by atoms with van der Waals surface area (Å²) in [6.07, 6.45) is -7.86. The van der Waals surface area contributed by atoms with Gasteiger partial charge in [-0.25, -0.2) is 23.6 Å². The molecule has 1 aliphatic heterocycles. The number of Topliss-reactive ketones (excluding diaryl/α,β-unsaturated/α-hetero) is 1. The summed E-state index contributed by atoms with van der Waals surface area (Å²) >= 11 is 0. The van der Waals surface area contributed by atoms with Gasteiger partial charge in [0.15, 0.2) is 5.78 Å². The van der Waals surface area contributed by atoms with Gasteiger partial charge in [0.05, 0.1) is 23.7 Å². The number of primary amides is 1. The zero-order chi connectivity index (χ0) is 46.6. The number of hydrogen-bond donors (Lipinski definition) is 5. The quantitative estimate of drug-likeness (QED) is 0.0616. The van der Waals surface area contributed by atoms with Crippen LogP contribution in [-0.4, -0.2) is 95.4 Å². The second kappa shape index (κ2) is 21.7. The fourth-order valence-electron chi connectivity index (χ4n) is 7.01. The number of piperazine rings is 1. The van der Waals surface area contributed by atoms with Gasteiger partial charge in [0.2, 0.25) is 11.3 Å². The van der Waals surface area contributed by atoms with Crippen molar-refractivity contribution in [3.8, 4) is 0 Å². The number of nitrogens with two attached hydrogens (primary N) is 1. The summed E-state index contributed by atoms with van der Waals surface area (Å²) in [5.74, 6) is -5.11. The van der Waals surface area contributed by atoms with Gasteiger partial charge < -0.3 is 50.6 Å². The number of halogens is 4. The molecule has 3 aromatic carbocycles. The Morgan fingerprint density at radius 3 is 2.19 bits per heavy atom. The van der Waals surface area contributed by atoms with Crippen LogP contribution in [0.5, 0.6) is 0 Å². The lowest BCUT2D eigenvalue weighted by atomic mass is 9.92. The van der Waals surface area contributed by atoms with E-state index in [1.54, 1.807) is 58.9 Å². The molecule has 0 saturated carbocycles. The molecule has 2 atom stereocenters. The Hall–Kier alpha value is -7.19. The Labute approximate surface area is 363 Å². The van der Waals surface area contributed by atoms with E-state index in [0.717, 1.165) is 6.07 Å². The highest BCUT2D eigenvalue weighted by molar-refractivity contribution is 5.97. The average Bonchev–Trinajstić information content (AvgIpc) is 3.26. The Morgan fingerprint density at radius 1 is 0.906 bits per heavy atom. The zero-order valence-corrected chi connectivity index (χ0v) is 34.6. The molecule has 1 aliphatic rings. The van der Waals surface area contributed by atoms with Gasteiger partial charge in [-0.1, -0.05) is 42.5 Å². The molecule has 6 N–H and O–H groups in total. The summed E-state index contributed by atoms with van der Waals surface area (Å²) in [4.78, 5) is 90.8. The molecular weight excluding hydrogens is 851 g/mol. The van der Waals surface area contributed by atoms with E-state index in [4.69, 9.17) is 15.2 Å². The van der Waals surface area contributed by atoms with Crippen LogP contribution in [-0.2, 0) is 38.8 Å². The van der Waals surface area contributed by atoms with E-state index in [0.29, 0.717) is 23.2 Å². The van der Waals surface area contributed by atoms with Crippen molar-refractivity contribution in [3.05, 3.63) is 106 Å². The fourth-order valence-corrected chi connectivity index (χ4v) is 7.01. The predicted molar refractivity (Wildman–Crippen MR) is 224 cm³/mol. The molecule has 0 radical (unpaired) electrons. The van der Waals surface area contributed by atoms with Crippen molar-refractivity contribution in [3.63, 3.8) is 0 Å². The van der Waals surface area contributed by atoms with Crippen molar-refractivity contribution in [1.29, 1.82) is 0 Å². The maximum Gasteiger partial charge on any atom is 0.410 e. The first-order valence-corrected chi connectivity index (χ1v) is 20.2. The van der Waals surface area contributed by atoms with E-state index < -0.39 is 83.7 Å². The van der Waals surface area contributed by atoms with Gasteiger partial charge in [-0.3, -0.25) is 14.4 Å². The number of aryl methyl sites for hydroxylation is 1. The third-order valence-corrected chi connectivity index (χ3v) is 10.4. The smallest absolute Gasteiger partial charge is 0.410 e. The van der Waals surface area contributed by atoms with Crippen molar-refractivity contribution in [1.82, 2.24) is 20.1 Å². The van der Waals surface area contributed by atoms with Crippen LogP contribution in [0.4, 0.5) is 43.3 Å². The number of benzene rings is 3. The lowest BCUT2D eigenvalue weighted by Crippen LogP contribution is -2.49. The number of ether oxygens (including phenoxy) is 2. The van der Waals surface area contributed by atoms with Crippen LogP contribution in [0.1, 0.15) is 54.1 Å². The molecule has 17 nitrogen and oxygen atoms in total. The second-order valence-corrected chi connectivity index (χ2v) is 14.9. The summed E-state index contributed by atoms with van der Waals surface area (Å²) in [7, 11) is 0. The number of ketones is 1. The highest BCUT2D eigenvalue weighted by atomic mass is 19.4. The number of alkyl carbamates (subject to hydrolysis) is 1. The Bertz CT molecular complexity index is 2390. The molecule has 0 aliphatic carbocycles. The standard InChI is InChI=1S/C43H47F4N7O10/c1-2-52-23-31(39(58)59)37(56)30-20-32(44)35(21-34(30)52)53-15-17-54(18-16-53)42(62)64-25-27-10-12-29(13-11-27)50-38(57)28(9-6-14-49-40(48)60)19-36(55)33(22-43(45,46)47)51-41(61)63-24-26-7-4-3-5-8-26/h3-5,7-8,10-13,20-21,23,28,33H,2,6,9,14-19,22,24-25H2,1H3,(H,50,57)(H,51,61)(H,58,59)(H3,48,49,60)/t28-,33-/m1/s1. The number of amides is 5. The summed E-state index contributed by atoms with van der Waals surface area (Å²) < 4.78 is 68.0. The first-order valence-electron chi connectivity index (χ1n) is 20.2. The van der Waals surface area contributed by atoms with Gasteiger partial charge in [0.1, 0.15) is 24.6 Å². The molecular formula is C43H47F4N7O10. The van der Waals surface area contributed by atoms with E-state index >= 15 is 4.39 Å². The summed E-state index contributed by atoms with van der Waals surface area (Å²) in [6.45, 7) is 2.48. The number of nitrogens with one attached hydrogen (secondary N) is 3. The molecule has 0 bridgehead atoms. The van der Waals surface area contributed by atoms with Gasteiger partial charge >= 0.3 is 30.4 Å². The van der Waals surface area contributed by atoms with Gasteiger partial charge in [0, 0.05) is 68.9 Å². The topological polar surface area (TPSA) is 232 Å². The van der Waals surface area contributed by atoms with Gasteiger partial charge in [-0.2, -0.15) is 13.2 Å². The van der Waals surface area contributed by atoms with Crippen molar-refractivity contribution in [2.45, 2.75) is 64.6 Å². The number of carboxylic acids is 1. The number of alkyl halides is 3. The third kappa shape index (κ3) is 13.4. The molecule has 0 spiro atoms. The largest absolute Gasteiger partial charge is 0.477 e. The van der Waals surface area contributed by atoms with E-state index in [1.807, 2.05) is 5.32 Å². The summed E-state index contributed by atoms with van der Waals surface area (Å²) in [5, 5.41) is 16.3. The SMILES string of the molecule is CCn1cc(C(=O)O)c(=O)c2cc(F)c(N3CCN(C(=O)OCc4ccc(NC(=O)[C@H](CCCNC(N)=O)CC(=O)[C@@H](CC(F)(F)F)NC(=O)OCc5ccccc5)cc4)CC3)cc21. The predicted octanol–water partition coefficient (Wildman–Crippen LogP) is 5.53. The molecule has 342 valence electrons. The number of rotatable bonds is 18. The number of carboxylic acid groups (broad SMARTS) is 1. The van der Waals surface area contributed by atoms with Crippen LogP contribution in [0, 0.1) is 11.7 Å². The maximum absolute atomic E-state index is 15.3. The molecule has 2 heterocycles. The van der Waals surface area contributed by atoms with Crippen LogP contribution in [0.15, 0.2) is 77.7 Å². The Morgan fingerprint density at radius 2 is 1.56 bits per heavy atom. The average molecular weight is 898 g/mol. The van der Waals surface area contributed by atoms with Gasteiger partial charge in [0.25, 0.3) is 0 Å². The van der Waals surface area contributed by atoms with E-state index in [-0.39, 0.29) is 75.5 Å². The molecule has 4 aromatic rings. The van der Waals surface area contributed by atoms with E-state index in [1.165, 1.54) is 29.3 Å². The zero-order valence-electron chi connectivity index (χ0n) is 34.6. The molecule has 64 heavy (non-hydrogen) atoms. The normalized spacial score (nSPS) is 13.7. The summed E-state index contributed by atoms with van der Waals surface area (Å²) in [5.41, 5.74) is 5.74. The number of fused-ring (bicyclic) bond motifs is 1. The van der Waals surface area contributed by atoms with Crippen LogP contribution in [0.2, 0.25) is 0 Å². The number of carbonyl (C=O) groups excluding carboxylic acids is 5. The van der Waals surface area contributed by atoms with E-state index in [9.17, 15) is 51.8 Å². The van der Waals surface area contributed by atoms with Crippen molar-refractivity contribution >= 4 is 58.2 Å². The minimum Gasteiger partial charge on any atom is -0.477 e. The van der Waals surface area contributed by atoms with Crippen LogP contribution >= 0.6 is 0 Å². The lowest BCUT2D eigenvalue weighted by molar-refractivity contribution is -0.148. The van der Waals surface area contributed by atoms with Crippen molar-refractivity contribution < 1.29 is 60.9 Å². The summed E-state index contributed by atoms with van der Waals surface area (Å²) in [6, 6.07) is 14.0. The highest BCUT2D eigenvalue weighted by Crippen LogP contribution is 2.28. The molecule has 21 heteroatoms. The fraction of sp³-hybridized carbons (Fsp3) is 0.372. The molecule has 1 aromatic heterocycles. The van der Waals surface area contributed by atoms with Crippen LogP contribution in [0.3, 0.4) is 0 Å². The number of hydrogen-bond acceptors (Lipinski definition) is 10. The molecule has 0 unspecified atom stereocenters. The Balaban J connectivity index is 1.16. The first kappa shape index (κ1) is 47.9. The number of urea groups is 1. The number of carbonyl (C=O) groups is 6. The van der Waals surface area contributed by atoms with E-state index in [2.05, 4.69) is 10.6 Å². The molecule has 5 rings (SSSR count).